The maximum Gasteiger partial charge on any atom is 0.239 e. The van der Waals surface area contributed by atoms with E-state index < -0.39 is 29.3 Å². The fourth-order valence-electron chi connectivity index (χ4n) is 3.88. The Labute approximate surface area is 175 Å². The van der Waals surface area contributed by atoms with E-state index in [4.69, 9.17) is 4.42 Å². The molecule has 3 rings (SSSR count). The minimum absolute atomic E-state index is 0.0187. The van der Waals surface area contributed by atoms with Gasteiger partial charge in [-0.15, -0.1) is 0 Å². The topological polar surface area (TPSA) is 78.0 Å². The first-order valence-electron chi connectivity index (χ1n) is 10.3. The van der Waals surface area contributed by atoms with Gasteiger partial charge in [-0.1, -0.05) is 12.1 Å². The van der Waals surface area contributed by atoms with Crippen LogP contribution in [0, 0.1) is 12.7 Å². The molecule has 1 aliphatic rings. The van der Waals surface area contributed by atoms with Gasteiger partial charge in [-0.25, -0.2) is 4.39 Å². The van der Waals surface area contributed by atoms with Crippen molar-refractivity contribution in [1.82, 2.24) is 4.90 Å². The van der Waals surface area contributed by atoms with Gasteiger partial charge in [-0.2, -0.15) is 0 Å². The molecule has 0 saturated heterocycles. The van der Waals surface area contributed by atoms with Crippen LogP contribution >= 0.6 is 0 Å². The van der Waals surface area contributed by atoms with Crippen LogP contribution in [0.1, 0.15) is 48.2 Å². The molecule has 30 heavy (non-hydrogen) atoms. The average molecular weight is 414 g/mol. The zero-order valence-electron chi connectivity index (χ0n) is 17.5. The first kappa shape index (κ1) is 21.8. The van der Waals surface area contributed by atoms with Gasteiger partial charge in [0.05, 0.1) is 25.7 Å². The molecule has 0 radical (unpaired) electrons. The number of hydrogen-bond acceptors (Lipinski definition) is 4. The van der Waals surface area contributed by atoms with Gasteiger partial charge < -0.3 is 19.3 Å². The lowest BCUT2D eigenvalue weighted by Gasteiger charge is -2.28. The van der Waals surface area contributed by atoms with E-state index in [1.54, 1.807) is 13.0 Å². The van der Waals surface area contributed by atoms with Crippen molar-refractivity contribution in [3.63, 3.8) is 0 Å². The summed E-state index contributed by atoms with van der Waals surface area (Å²) < 4.78 is 18.9. The van der Waals surface area contributed by atoms with Crippen molar-refractivity contribution in [3.05, 3.63) is 70.6 Å². The van der Waals surface area contributed by atoms with Crippen molar-refractivity contribution >= 4 is 11.7 Å². The van der Waals surface area contributed by atoms with Gasteiger partial charge in [-0.3, -0.25) is 9.59 Å². The monoisotopic (exact) mass is 414 g/mol. The summed E-state index contributed by atoms with van der Waals surface area (Å²) in [4.78, 5) is 28.7. The van der Waals surface area contributed by atoms with Gasteiger partial charge >= 0.3 is 0 Å². The van der Waals surface area contributed by atoms with Crippen molar-refractivity contribution in [2.45, 2.75) is 33.2 Å². The second kappa shape index (κ2) is 9.26. The van der Waals surface area contributed by atoms with Gasteiger partial charge in [0.25, 0.3) is 0 Å². The van der Waals surface area contributed by atoms with E-state index in [0.717, 1.165) is 19.6 Å². The summed E-state index contributed by atoms with van der Waals surface area (Å²) in [7, 11) is 0. The van der Waals surface area contributed by atoms with Crippen LogP contribution in [0.25, 0.3) is 0 Å². The van der Waals surface area contributed by atoms with Gasteiger partial charge in [0, 0.05) is 18.5 Å². The molecule has 0 saturated carbocycles. The first-order chi connectivity index (χ1) is 14.4. The third-order valence-electron chi connectivity index (χ3n) is 5.61. The van der Waals surface area contributed by atoms with Crippen LogP contribution in [0.2, 0.25) is 0 Å². The van der Waals surface area contributed by atoms with E-state index in [2.05, 4.69) is 13.8 Å². The predicted molar refractivity (Wildman–Crippen MR) is 107 cm³/mol. The molecule has 2 aromatic rings. The molecule has 160 valence electrons. The number of amides is 1. The highest BCUT2D eigenvalue weighted by atomic mass is 19.1. The fourth-order valence-corrected chi connectivity index (χ4v) is 3.88. The minimum atomic E-state index is -0.852. The van der Waals surface area contributed by atoms with E-state index >= 15 is 0 Å². The Morgan fingerprint density at radius 2 is 1.83 bits per heavy atom. The van der Waals surface area contributed by atoms with E-state index in [1.807, 2.05) is 0 Å². The number of nitrogens with zero attached hydrogens (tertiary/aromatic N) is 1. The van der Waals surface area contributed by atoms with Crippen molar-refractivity contribution in [3.8, 4) is 0 Å². The maximum atomic E-state index is 13.5. The third-order valence-corrected chi connectivity index (χ3v) is 5.61. The largest absolute Gasteiger partial charge is 0.868 e. The Balaban J connectivity index is 1.94. The van der Waals surface area contributed by atoms with Crippen LogP contribution in [0.5, 0.6) is 0 Å². The van der Waals surface area contributed by atoms with Crippen LogP contribution < -0.4 is 10.0 Å². The highest BCUT2D eigenvalue weighted by molar-refractivity contribution is 6.14. The number of ketones is 1. The number of benzene rings is 1. The normalized spacial score (nSPS) is 16.8. The number of rotatable bonds is 9. The summed E-state index contributed by atoms with van der Waals surface area (Å²) in [5.74, 6) is -2.00. The van der Waals surface area contributed by atoms with Crippen LogP contribution in [0.4, 0.5) is 4.39 Å². The van der Waals surface area contributed by atoms with E-state index in [-0.39, 0.29) is 11.3 Å². The number of carbonyl (C=O) groups is 2. The summed E-state index contributed by atoms with van der Waals surface area (Å²) in [5.41, 5.74) is 0.383. The van der Waals surface area contributed by atoms with E-state index in [0.29, 0.717) is 24.3 Å². The lowest BCUT2D eigenvalue weighted by atomic mass is 9.95. The molecule has 1 unspecified atom stereocenters. The number of carbonyl (C=O) groups excluding carboxylic acids is 2. The maximum absolute atomic E-state index is 13.5. The van der Waals surface area contributed by atoms with Crippen molar-refractivity contribution < 1.29 is 28.4 Å². The molecule has 1 atom stereocenters. The Kier molecular flexibility index (Phi) is 6.72. The predicted octanol–water partition coefficient (Wildman–Crippen LogP) is 1.42. The number of furan rings is 1. The second-order valence-corrected chi connectivity index (χ2v) is 7.50. The quantitative estimate of drug-likeness (QED) is 0.630. The standard InChI is InChI=1S/C23H27FN2O4/c1-4-25(5-2)13-6-14-26-20(16-8-10-17(24)11-9-16)19(22(28)23(26)29)21(27)18-12-7-15(3)30-18/h7-12,20,28H,4-6,13-14H2,1-3H3. The van der Waals surface area contributed by atoms with E-state index in [1.165, 1.54) is 40.1 Å². The van der Waals surface area contributed by atoms with Gasteiger partial charge in [0.1, 0.15) is 11.6 Å². The SMILES string of the molecule is CC[NH+](CC)CCCN1C(=O)C([O-])=C(C(=O)c2ccc(C)o2)C1c1ccc(F)cc1. The van der Waals surface area contributed by atoms with Crippen LogP contribution in [-0.2, 0) is 4.79 Å². The van der Waals surface area contributed by atoms with Crippen LogP contribution in [-0.4, -0.2) is 42.8 Å². The van der Waals surface area contributed by atoms with E-state index in [9.17, 15) is 19.1 Å². The summed E-state index contributed by atoms with van der Waals surface area (Å²) in [6.07, 6.45) is 0.690. The molecular formula is C23H27FN2O4. The van der Waals surface area contributed by atoms with Crippen LogP contribution in [0.15, 0.2) is 52.1 Å². The van der Waals surface area contributed by atoms with Gasteiger partial charge in [0.15, 0.2) is 5.76 Å². The van der Waals surface area contributed by atoms with Crippen molar-refractivity contribution in [1.29, 1.82) is 0 Å². The Morgan fingerprint density at radius 1 is 1.17 bits per heavy atom. The molecule has 0 bridgehead atoms. The molecule has 1 aliphatic heterocycles. The Morgan fingerprint density at radius 3 is 2.40 bits per heavy atom. The molecule has 2 heterocycles. The summed E-state index contributed by atoms with van der Waals surface area (Å²) in [5, 5.41) is 12.8. The first-order valence-corrected chi connectivity index (χ1v) is 10.3. The summed E-state index contributed by atoms with van der Waals surface area (Å²) in [6, 6.07) is 7.82. The highest BCUT2D eigenvalue weighted by Crippen LogP contribution is 2.38. The number of aryl methyl sites for hydroxylation is 1. The molecule has 0 spiro atoms. The van der Waals surface area contributed by atoms with Gasteiger partial charge in [0.2, 0.25) is 11.7 Å². The number of hydrogen-bond donors (Lipinski definition) is 1. The number of Topliss-reactive ketones (excluding diaryl/α,β-unsaturated/α-hetero) is 1. The molecule has 1 aromatic heterocycles. The molecule has 0 fully saturated rings. The molecule has 1 N–H and O–H groups in total. The third kappa shape index (κ3) is 4.31. The molecular weight excluding hydrogens is 387 g/mol. The molecule has 1 aromatic carbocycles. The Hall–Kier alpha value is -2.93. The number of quaternary nitrogens is 1. The van der Waals surface area contributed by atoms with Crippen molar-refractivity contribution in [2.24, 2.45) is 0 Å². The smallest absolute Gasteiger partial charge is 0.239 e. The Bertz CT molecular complexity index is 944. The molecule has 6 nitrogen and oxygen atoms in total. The van der Waals surface area contributed by atoms with Gasteiger partial charge in [-0.05, 0) is 56.4 Å². The summed E-state index contributed by atoms with van der Waals surface area (Å²) in [6.45, 7) is 9.02. The van der Waals surface area contributed by atoms with Crippen LogP contribution in [0.3, 0.4) is 0 Å². The summed E-state index contributed by atoms with van der Waals surface area (Å²) >= 11 is 0. The lowest BCUT2D eigenvalue weighted by molar-refractivity contribution is -0.896. The minimum Gasteiger partial charge on any atom is -0.868 e. The fraction of sp³-hybridized carbons (Fsp3) is 0.391. The zero-order valence-corrected chi connectivity index (χ0v) is 17.5. The molecule has 7 heteroatoms. The highest BCUT2D eigenvalue weighted by Gasteiger charge is 2.40. The molecule has 0 aliphatic carbocycles. The second-order valence-electron chi connectivity index (χ2n) is 7.50. The number of nitrogens with one attached hydrogen (secondary N) is 1. The zero-order chi connectivity index (χ0) is 21.8. The van der Waals surface area contributed by atoms with Crippen molar-refractivity contribution in [2.75, 3.05) is 26.2 Å². The lowest BCUT2D eigenvalue weighted by Crippen LogP contribution is -3.11. The average Bonchev–Trinajstić information content (AvgIpc) is 3.28. The number of halogens is 1. The molecule has 1 amide bonds.